The van der Waals surface area contributed by atoms with Crippen LogP contribution in [0.25, 0.3) is 0 Å². The van der Waals surface area contributed by atoms with Crippen LogP contribution in [-0.2, 0) is 6.61 Å². The summed E-state index contributed by atoms with van der Waals surface area (Å²) in [5.41, 5.74) is 6.76. The zero-order valence-electron chi connectivity index (χ0n) is 10.2. The summed E-state index contributed by atoms with van der Waals surface area (Å²) in [6.07, 6.45) is 2.88. The van der Waals surface area contributed by atoms with Crippen LogP contribution in [0.3, 0.4) is 0 Å². The number of nitro benzene ring substituents is 1. The van der Waals surface area contributed by atoms with Gasteiger partial charge in [0.1, 0.15) is 12.4 Å². The summed E-state index contributed by atoms with van der Waals surface area (Å²) in [4.78, 5) is 18.3. The fraction of sp³-hybridized carbons (Fsp3) is 0.167. The maximum Gasteiger partial charge on any atom is 0.310 e. The van der Waals surface area contributed by atoms with Gasteiger partial charge in [0.05, 0.1) is 23.0 Å². The smallest absolute Gasteiger partial charge is 0.310 e. The second kappa shape index (κ2) is 5.30. The Bertz CT molecular complexity index is 598. The molecule has 0 saturated carbocycles. The van der Waals surface area contributed by atoms with Crippen LogP contribution in [0.15, 0.2) is 30.6 Å². The van der Waals surface area contributed by atoms with Gasteiger partial charge in [-0.15, -0.1) is 0 Å². The predicted molar refractivity (Wildman–Crippen MR) is 68.6 cm³/mol. The van der Waals surface area contributed by atoms with Crippen molar-refractivity contribution in [3.63, 3.8) is 0 Å². The number of hydrogen-bond acceptors (Lipinski definition) is 6. The zero-order valence-corrected chi connectivity index (χ0v) is 10.2. The number of nitrogens with zero attached hydrogens (tertiary/aromatic N) is 3. The lowest BCUT2D eigenvalue weighted by atomic mass is 10.2. The highest BCUT2D eigenvalue weighted by molar-refractivity contribution is 5.48. The first kappa shape index (κ1) is 12.7. The molecule has 19 heavy (non-hydrogen) atoms. The molecule has 0 radical (unpaired) electrons. The van der Waals surface area contributed by atoms with Gasteiger partial charge in [-0.1, -0.05) is 6.07 Å². The SMILES string of the molecule is Cc1ccc([N+](=O)[O-])c(OCc2cnc(N)cn2)c1. The molecule has 98 valence electrons. The Kier molecular flexibility index (Phi) is 3.56. The first-order valence-corrected chi connectivity index (χ1v) is 5.50. The minimum Gasteiger partial charge on any atom is -0.480 e. The largest absolute Gasteiger partial charge is 0.480 e. The van der Waals surface area contributed by atoms with Gasteiger partial charge in [-0.25, -0.2) is 4.98 Å². The second-order valence-electron chi connectivity index (χ2n) is 3.95. The van der Waals surface area contributed by atoms with Crippen LogP contribution in [0, 0.1) is 17.0 Å². The number of nitrogen functional groups attached to an aromatic ring is 1. The van der Waals surface area contributed by atoms with Crippen LogP contribution in [-0.4, -0.2) is 14.9 Å². The third-order valence-corrected chi connectivity index (χ3v) is 2.41. The molecule has 0 atom stereocenters. The van der Waals surface area contributed by atoms with Crippen LogP contribution < -0.4 is 10.5 Å². The number of aromatic nitrogens is 2. The number of rotatable bonds is 4. The molecule has 7 heteroatoms. The number of hydrogen-bond donors (Lipinski definition) is 1. The van der Waals surface area contributed by atoms with Crippen molar-refractivity contribution in [1.82, 2.24) is 9.97 Å². The molecular formula is C12H12N4O3. The van der Waals surface area contributed by atoms with Gasteiger partial charge in [0.25, 0.3) is 0 Å². The van der Waals surface area contributed by atoms with E-state index in [2.05, 4.69) is 9.97 Å². The topological polar surface area (TPSA) is 104 Å². The molecule has 0 aliphatic carbocycles. The van der Waals surface area contributed by atoms with Gasteiger partial charge in [-0.2, -0.15) is 0 Å². The molecule has 0 bridgehead atoms. The molecule has 2 N–H and O–H groups in total. The molecule has 0 unspecified atom stereocenters. The monoisotopic (exact) mass is 260 g/mol. The maximum absolute atomic E-state index is 10.9. The second-order valence-corrected chi connectivity index (χ2v) is 3.95. The minimum absolute atomic E-state index is 0.0750. The van der Waals surface area contributed by atoms with Crippen molar-refractivity contribution in [2.24, 2.45) is 0 Å². The van der Waals surface area contributed by atoms with Crippen LogP contribution in [0.1, 0.15) is 11.3 Å². The Hall–Kier alpha value is -2.70. The molecule has 0 saturated heterocycles. The average molecular weight is 260 g/mol. The number of ether oxygens (including phenoxy) is 1. The predicted octanol–water partition coefficient (Wildman–Crippen LogP) is 1.85. The maximum atomic E-state index is 10.9. The van der Waals surface area contributed by atoms with E-state index in [1.165, 1.54) is 18.5 Å². The van der Waals surface area contributed by atoms with Crippen molar-refractivity contribution in [1.29, 1.82) is 0 Å². The minimum atomic E-state index is -0.483. The molecule has 0 aliphatic heterocycles. The molecule has 7 nitrogen and oxygen atoms in total. The van der Waals surface area contributed by atoms with E-state index in [9.17, 15) is 10.1 Å². The third kappa shape index (κ3) is 3.15. The lowest BCUT2D eigenvalue weighted by molar-refractivity contribution is -0.386. The summed E-state index contributed by atoms with van der Waals surface area (Å²) < 4.78 is 5.42. The van der Waals surface area contributed by atoms with Crippen molar-refractivity contribution < 1.29 is 9.66 Å². The van der Waals surface area contributed by atoms with Crippen molar-refractivity contribution in [3.8, 4) is 5.75 Å². The third-order valence-electron chi connectivity index (χ3n) is 2.41. The van der Waals surface area contributed by atoms with Crippen LogP contribution in [0.4, 0.5) is 11.5 Å². The van der Waals surface area contributed by atoms with Gasteiger partial charge in [0, 0.05) is 6.07 Å². The fourth-order valence-corrected chi connectivity index (χ4v) is 1.48. The summed E-state index contributed by atoms with van der Waals surface area (Å²) in [6.45, 7) is 1.93. The summed E-state index contributed by atoms with van der Waals surface area (Å²) in [7, 11) is 0. The van der Waals surface area contributed by atoms with E-state index >= 15 is 0 Å². The summed E-state index contributed by atoms with van der Waals surface area (Å²) in [5.74, 6) is 0.522. The van der Waals surface area contributed by atoms with Crippen LogP contribution in [0.2, 0.25) is 0 Å². The van der Waals surface area contributed by atoms with Gasteiger partial charge in [0.2, 0.25) is 0 Å². The molecule has 2 rings (SSSR count). The van der Waals surface area contributed by atoms with Crippen molar-refractivity contribution in [3.05, 3.63) is 52.0 Å². The normalized spacial score (nSPS) is 10.2. The summed E-state index contributed by atoms with van der Waals surface area (Å²) in [5, 5.41) is 10.9. The van der Waals surface area contributed by atoms with E-state index in [-0.39, 0.29) is 18.0 Å². The Labute approximate surface area is 109 Å². The number of nitro groups is 1. The number of benzene rings is 1. The van der Waals surface area contributed by atoms with E-state index in [4.69, 9.17) is 10.5 Å². The van der Waals surface area contributed by atoms with Gasteiger partial charge >= 0.3 is 5.69 Å². The quantitative estimate of drug-likeness (QED) is 0.664. The first-order valence-electron chi connectivity index (χ1n) is 5.50. The van der Waals surface area contributed by atoms with E-state index in [1.807, 2.05) is 6.92 Å². The highest BCUT2D eigenvalue weighted by atomic mass is 16.6. The molecular weight excluding hydrogens is 248 g/mol. The Morgan fingerprint density at radius 3 is 2.79 bits per heavy atom. The lowest BCUT2D eigenvalue weighted by Gasteiger charge is -2.07. The van der Waals surface area contributed by atoms with Crippen LogP contribution >= 0.6 is 0 Å². The van der Waals surface area contributed by atoms with Gasteiger partial charge < -0.3 is 10.5 Å². The van der Waals surface area contributed by atoms with Gasteiger partial charge in [-0.05, 0) is 18.6 Å². The number of aryl methyl sites for hydroxylation is 1. The lowest BCUT2D eigenvalue weighted by Crippen LogP contribution is -2.02. The molecule has 2 aromatic rings. The van der Waals surface area contributed by atoms with E-state index < -0.39 is 4.92 Å². The Balaban J connectivity index is 2.16. The number of nitrogens with two attached hydrogens (primary N) is 1. The number of anilines is 1. The molecule has 1 aromatic heterocycles. The molecule has 0 fully saturated rings. The van der Waals surface area contributed by atoms with Gasteiger partial charge in [-0.3, -0.25) is 15.1 Å². The molecule has 0 aliphatic rings. The van der Waals surface area contributed by atoms with Crippen molar-refractivity contribution in [2.75, 3.05) is 5.73 Å². The summed E-state index contributed by atoms with van der Waals surface area (Å²) >= 11 is 0. The van der Waals surface area contributed by atoms with Gasteiger partial charge in [0.15, 0.2) is 5.75 Å². The summed E-state index contributed by atoms with van der Waals surface area (Å²) in [6, 6.07) is 4.69. The fourth-order valence-electron chi connectivity index (χ4n) is 1.48. The molecule has 1 aromatic carbocycles. The van der Waals surface area contributed by atoms with Crippen molar-refractivity contribution in [2.45, 2.75) is 13.5 Å². The Morgan fingerprint density at radius 1 is 1.37 bits per heavy atom. The average Bonchev–Trinajstić information content (AvgIpc) is 2.38. The highest BCUT2D eigenvalue weighted by Crippen LogP contribution is 2.28. The van der Waals surface area contributed by atoms with E-state index in [0.29, 0.717) is 11.5 Å². The molecule has 0 amide bonds. The van der Waals surface area contributed by atoms with E-state index in [1.54, 1.807) is 12.1 Å². The zero-order chi connectivity index (χ0) is 13.8. The molecule has 1 heterocycles. The standard InChI is InChI=1S/C12H12N4O3/c1-8-2-3-10(16(17)18)11(4-8)19-7-9-5-15-12(13)6-14-9/h2-6H,7H2,1H3,(H2,13,15). The van der Waals surface area contributed by atoms with Crippen molar-refractivity contribution >= 4 is 11.5 Å². The van der Waals surface area contributed by atoms with E-state index in [0.717, 1.165) is 5.56 Å². The highest BCUT2D eigenvalue weighted by Gasteiger charge is 2.15. The Morgan fingerprint density at radius 2 is 2.16 bits per heavy atom. The first-order chi connectivity index (χ1) is 9.06. The van der Waals surface area contributed by atoms with Crippen LogP contribution in [0.5, 0.6) is 5.75 Å². The molecule has 0 spiro atoms.